The van der Waals surface area contributed by atoms with Gasteiger partial charge < -0.3 is 15.5 Å². The number of aliphatic hydroxyl groups is 1. The lowest BCUT2D eigenvalue weighted by atomic mass is 10.1. The van der Waals surface area contributed by atoms with Crippen LogP contribution in [0.3, 0.4) is 0 Å². The molecule has 0 heterocycles. The van der Waals surface area contributed by atoms with Gasteiger partial charge in [0.1, 0.15) is 5.75 Å². The SMILES string of the molecule is CC(NC[C@@H](O)c1ccccc1)c1ccc(O)cc1. The molecule has 3 heteroatoms. The largest absolute Gasteiger partial charge is 0.508 e. The number of hydrogen-bond donors (Lipinski definition) is 3. The molecule has 0 radical (unpaired) electrons. The number of hydrogen-bond acceptors (Lipinski definition) is 3. The lowest BCUT2D eigenvalue weighted by Gasteiger charge is -2.17. The third-order valence-electron chi connectivity index (χ3n) is 3.19. The van der Waals surface area contributed by atoms with Crippen molar-refractivity contribution in [1.82, 2.24) is 5.32 Å². The summed E-state index contributed by atoms with van der Waals surface area (Å²) in [4.78, 5) is 0. The van der Waals surface area contributed by atoms with Gasteiger partial charge in [-0.3, -0.25) is 0 Å². The van der Waals surface area contributed by atoms with Crippen LogP contribution in [0.15, 0.2) is 54.6 Å². The minimum atomic E-state index is -0.513. The molecule has 19 heavy (non-hydrogen) atoms. The van der Waals surface area contributed by atoms with Crippen LogP contribution in [0.4, 0.5) is 0 Å². The molecule has 0 aliphatic heterocycles. The zero-order chi connectivity index (χ0) is 13.7. The lowest BCUT2D eigenvalue weighted by Crippen LogP contribution is -2.24. The van der Waals surface area contributed by atoms with Gasteiger partial charge in [0.05, 0.1) is 6.10 Å². The van der Waals surface area contributed by atoms with Crippen LogP contribution in [0, 0.1) is 0 Å². The van der Waals surface area contributed by atoms with Gasteiger partial charge in [-0.1, -0.05) is 42.5 Å². The van der Waals surface area contributed by atoms with Crippen LogP contribution in [0.5, 0.6) is 5.75 Å². The number of rotatable bonds is 5. The van der Waals surface area contributed by atoms with Crippen LogP contribution in [0.1, 0.15) is 30.2 Å². The molecule has 3 nitrogen and oxygen atoms in total. The predicted octanol–water partition coefficient (Wildman–Crippen LogP) is 2.78. The van der Waals surface area contributed by atoms with Crippen molar-refractivity contribution in [3.8, 4) is 5.75 Å². The predicted molar refractivity (Wildman–Crippen MR) is 75.9 cm³/mol. The van der Waals surface area contributed by atoms with Gasteiger partial charge in [0.25, 0.3) is 0 Å². The molecule has 0 amide bonds. The van der Waals surface area contributed by atoms with Gasteiger partial charge in [-0.2, -0.15) is 0 Å². The fourth-order valence-corrected chi connectivity index (χ4v) is 1.96. The molecule has 100 valence electrons. The summed E-state index contributed by atoms with van der Waals surface area (Å²) in [7, 11) is 0. The highest BCUT2D eigenvalue weighted by molar-refractivity contribution is 5.27. The zero-order valence-electron chi connectivity index (χ0n) is 11.0. The number of aromatic hydroxyl groups is 1. The number of phenolic OH excluding ortho intramolecular Hbond substituents is 1. The molecule has 0 aliphatic rings. The minimum Gasteiger partial charge on any atom is -0.508 e. The summed E-state index contributed by atoms with van der Waals surface area (Å²) < 4.78 is 0. The van der Waals surface area contributed by atoms with E-state index in [1.807, 2.05) is 49.4 Å². The second-order valence-corrected chi connectivity index (χ2v) is 4.65. The first-order valence-electron chi connectivity index (χ1n) is 6.42. The van der Waals surface area contributed by atoms with Gasteiger partial charge >= 0.3 is 0 Å². The molecule has 2 aromatic rings. The van der Waals surface area contributed by atoms with Crippen LogP contribution < -0.4 is 5.32 Å². The molecule has 0 spiro atoms. The fraction of sp³-hybridized carbons (Fsp3) is 0.250. The van der Waals surface area contributed by atoms with Gasteiger partial charge in [0, 0.05) is 12.6 Å². The summed E-state index contributed by atoms with van der Waals surface area (Å²) in [6.07, 6.45) is -0.513. The van der Waals surface area contributed by atoms with E-state index in [4.69, 9.17) is 0 Å². The van der Waals surface area contributed by atoms with Gasteiger partial charge in [-0.15, -0.1) is 0 Å². The summed E-state index contributed by atoms with van der Waals surface area (Å²) >= 11 is 0. The van der Waals surface area contributed by atoms with Crippen LogP contribution >= 0.6 is 0 Å². The number of phenols is 1. The van der Waals surface area contributed by atoms with E-state index in [0.717, 1.165) is 11.1 Å². The van der Waals surface area contributed by atoms with Gasteiger partial charge in [0.2, 0.25) is 0 Å². The minimum absolute atomic E-state index is 0.124. The summed E-state index contributed by atoms with van der Waals surface area (Å²) in [6, 6.07) is 16.8. The number of aliphatic hydroxyl groups excluding tert-OH is 1. The third kappa shape index (κ3) is 3.81. The molecule has 0 saturated carbocycles. The molecular formula is C16H19NO2. The maximum Gasteiger partial charge on any atom is 0.115 e. The second kappa shape index (κ2) is 6.36. The first kappa shape index (κ1) is 13.6. The molecule has 0 fully saturated rings. The van der Waals surface area contributed by atoms with E-state index in [1.165, 1.54) is 0 Å². The Balaban J connectivity index is 1.90. The van der Waals surface area contributed by atoms with E-state index in [1.54, 1.807) is 12.1 Å². The topological polar surface area (TPSA) is 52.5 Å². The van der Waals surface area contributed by atoms with E-state index in [9.17, 15) is 10.2 Å². The Hall–Kier alpha value is -1.84. The summed E-state index contributed by atoms with van der Waals surface area (Å²) in [5.41, 5.74) is 1.99. The smallest absolute Gasteiger partial charge is 0.115 e. The Morgan fingerprint density at radius 1 is 0.947 bits per heavy atom. The van der Waals surface area contributed by atoms with Crippen molar-refractivity contribution < 1.29 is 10.2 Å². The molecule has 3 N–H and O–H groups in total. The van der Waals surface area contributed by atoms with E-state index < -0.39 is 6.10 Å². The standard InChI is InChI=1S/C16H19NO2/c1-12(13-7-9-15(18)10-8-13)17-11-16(19)14-5-3-2-4-6-14/h2-10,12,16-19H,11H2,1H3/t12?,16-/m1/s1. The normalized spacial score (nSPS) is 14.0. The summed E-state index contributed by atoms with van der Waals surface area (Å²) in [5, 5.41) is 22.6. The van der Waals surface area contributed by atoms with E-state index in [2.05, 4.69) is 5.32 Å². The van der Waals surface area contributed by atoms with Crippen molar-refractivity contribution in [2.24, 2.45) is 0 Å². The second-order valence-electron chi connectivity index (χ2n) is 4.65. The molecule has 0 bridgehead atoms. The Morgan fingerprint density at radius 2 is 1.58 bits per heavy atom. The lowest BCUT2D eigenvalue weighted by molar-refractivity contribution is 0.171. The van der Waals surface area contributed by atoms with Crippen molar-refractivity contribution in [3.05, 3.63) is 65.7 Å². The molecule has 2 aromatic carbocycles. The Kier molecular flexibility index (Phi) is 4.55. The van der Waals surface area contributed by atoms with Crippen molar-refractivity contribution in [1.29, 1.82) is 0 Å². The Bertz CT molecular complexity index is 496. The highest BCUT2D eigenvalue weighted by Crippen LogP contribution is 2.17. The van der Waals surface area contributed by atoms with Crippen LogP contribution in [0.25, 0.3) is 0 Å². The average molecular weight is 257 g/mol. The molecule has 1 unspecified atom stereocenters. The number of nitrogens with one attached hydrogen (secondary N) is 1. The highest BCUT2D eigenvalue weighted by atomic mass is 16.3. The van der Waals surface area contributed by atoms with Crippen LogP contribution in [-0.4, -0.2) is 16.8 Å². The molecule has 0 saturated heterocycles. The third-order valence-corrected chi connectivity index (χ3v) is 3.19. The Labute approximate surface area is 113 Å². The van der Waals surface area contributed by atoms with Crippen molar-refractivity contribution in [2.45, 2.75) is 19.1 Å². The maximum absolute atomic E-state index is 10.1. The van der Waals surface area contributed by atoms with Crippen LogP contribution in [0.2, 0.25) is 0 Å². The molecule has 0 aliphatic carbocycles. The molecular weight excluding hydrogens is 238 g/mol. The highest BCUT2D eigenvalue weighted by Gasteiger charge is 2.10. The molecule has 0 aromatic heterocycles. The summed E-state index contributed by atoms with van der Waals surface area (Å²) in [6.45, 7) is 2.52. The van der Waals surface area contributed by atoms with Crippen LogP contribution in [-0.2, 0) is 0 Å². The quantitative estimate of drug-likeness (QED) is 0.772. The fourth-order valence-electron chi connectivity index (χ4n) is 1.96. The van der Waals surface area contributed by atoms with Gasteiger partial charge in [-0.05, 0) is 30.2 Å². The zero-order valence-corrected chi connectivity index (χ0v) is 11.0. The Morgan fingerprint density at radius 3 is 2.21 bits per heavy atom. The van der Waals surface area contributed by atoms with E-state index in [0.29, 0.717) is 6.54 Å². The molecule has 2 rings (SSSR count). The van der Waals surface area contributed by atoms with Gasteiger partial charge in [0.15, 0.2) is 0 Å². The summed E-state index contributed by atoms with van der Waals surface area (Å²) in [5.74, 6) is 0.264. The van der Waals surface area contributed by atoms with Gasteiger partial charge in [-0.25, -0.2) is 0 Å². The molecule has 2 atom stereocenters. The average Bonchev–Trinajstić information content (AvgIpc) is 2.46. The van der Waals surface area contributed by atoms with E-state index >= 15 is 0 Å². The van der Waals surface area contributed by atoms with Crippen molar-refractivity contribution in [3.63, 3.8) is 0 Å². The number of benzene rings is 2. The van der Waals surface area contributed by atoms with Crippen molar-refractivity contribution in [2.75, 3.05) is 6.54 Å². The maximum atomic E-state index is 10.1. The monoisotopic (exact) mass is 257 g/mol. The first-order chi connectivity index (χ1) is 9.16. The van der Waals surface area contributed by atoms with Crippen molar-refractivity contribution >= 4 is 0 Å². The van der Waals surface area contributed by atoms with E-state index in [-0.39, 0.29) is 11.8 Å². The first-order valence-corrected chi connectivity index (χ1v) is 6.42.